The van der Waals surface area contributed by atoms with Crippen molar-refractivity contribution < 1.29 is 18.3 Å². The number of aliphatic hydroxyl groups is 1. The van der Waals surface area contributed by atoms with Gasteiger partial charge in [-0.15, -0.1) is 0 Å². The average molecular weight is 339 g/mol. The molecule has 1 aromatic heterocycles. The van der Waals surface area contributed by atoms with Gasteiger partial charge in [0.05, 0.1) is 4.47 Å². The number of para-hydroxylation sites is 1. The Balaban J connectivity index is 2.10. The van der Waals surface area contributed by atoms with Crippen LogP contribution in [0.2, 0.25) is 0 Å². The van der Waals surface area contributed by atoms with Crippen molar-refractivity contribution >= 4 is 26.9 Å². The first-order valence-electron chi connectivity index (χ1n) is 5.88. The van der Waals surface area contributed by atoms with Gasteiger partial charge < -0.3 is 9.52 Å². The van der Waals surface area contributed by atoms with Gasteiger partial charge in [-0.1, -0.05) is 24.3 Å². The van der Waals surface area contributed by atoms with Crippen molar-refractivity contribution in [1.82, 2.24) is 0 Å². The van der Waals surface area contributed by atoms with E-state index in [-0.39, 0.29) is 21.4 Å². The molecule has 2 nitrogen and oxygen atoms in total. The zero-order valence-corrected chi connectivity index (χ0v) is 11.7. The van der Waals surface area contributed by atoms with Gasteiger partial charge in [0.1, 0.15) is 17.7 Å². The summed E-state index contributed by atoms with van der Waals surface area (Å²) in [6.45, 7) is 0. The second kappa shape index (κ2) is 5.00. The molecule has 1 heterocycles. The third kappa shape index (κ3) is 2.13. The lowest BCUT2D eigenvalue weighted by molar-refractivity contribution is 0.187. The van der Waals surface area contributed by atoms with Crippen LogP contribution in [-0.2, 0) is 0 Å². The molecule has 0 aliphatic rings. The van der Waals surface area contributed by atoms with E-state index in [1.54, 1.807) is 18.2 Å². The molecule has 1 atom stereocenters. The minimum absolute atomic E-state index is 0.0527. The number of halogens is 3. The first-order valence-corrected chi connectivity index (χ1v) is 6.67. The Bertz CT molecular complexity index is 783. The monoisotopic (exact) mass is 338 g/mol. The van der Waals surface area contributed by atoms with Crippen LogP contribution in [0.1, 0.15) is 17.4 Å². The molecule has 0 saturated carbocycles. The molecule has 3 aromatic rings. The van der Waals surface area contributed by atoms with Crippen molar-refractivity contribution in [2.24, 2.45) is 0 Å². The second-order valence-corrected chi connectivity index (χ2v) is 5.21. The minimum Gasteiger partial charge on any atom is -0.455 e. The Morgan fingerprint density at radius 1 is 1.10 bits per heavy atom. The third-order valence-corrected chi connectivity index (χ3v) is 3.67. The standard InChI is InChI=1S/C15H9BrF2O2/c16-10-5-2-4-9(13(10)18)14(19)12-7-8-3-1-6-11(17)15(8)20-12/h1-7,14,19H. The molecule has 0 amide bonds. The van der Waals surface area contributed by atoms with E-state index in [1.165, 1.54) is 24.3 Å². The summed E-state index contributed by atoms with van der Waals surface area (Å²) in [4.78, 5) is 0. The first-order chi connectivity index (χ1) is 9.58. The summed E-state index contributed by atoms with van der Waals surface area (Å²) in [5.74, 6) is -0.987. The van der Waals surface area contributed by atoms with Crippen LogP contribution in [-0.4, -0.2) is 5.11 Å². The summed E-state index contributed by atoms with van der Waals surface area (Å²) in [5, 5.41) is 10.7. The summed E-state index contributed by atoms with van der Waals surface area (Å²) in [7, 11) is 0. The molecule has 2 aromatic carbocycles. The van der Waals surface area contributed by atoms with Gasteiger partial charge in [0.2, 0.25) is 0 Å². The Hall–Kier alpha value is -1.72. The van der Waals surface area contributed by atoms with Crippen LogP contribution in [0.5, 0.6) is 0 Å². The Labute approximate surface area is 121 Å². The van der Waals surface area contributed by atoms with E-state index >= 15 is 0 Å². The fourth-order valence-electron chi connectivity index (χ4n) is 2.07. The van der Waals surface area contributed by atoms with E-state index in [1.807, 2.05) is 0 Å². The van der Waals surface area contributed by atoms with Crippen molar-refractivity contribution in [2.45, 2.75) is 6.10 Å². The first kappa shape index (κ1) is 13.3. The van der Waals surface area contributed by atoms with E-state index in [0.717, 1.165) is 0 Å². The van der Waals surface area contributed by atoms with Gasteiger partial charge in [0, 0.05) is 10.9 Å². The summed E-state index contributed by atoms with van der Waals surface area (Å²) >= 11 is 3.06. The number of aliphatic hydroxyl groups excluding tert-OH is 1. The minimum atomic E-state index is -1.29. The predicted octanol–water partition coefficient (Wildman–Crippen LogP) is 4.56. The van der Waals surface area contributed by atoms with Gasteiger partial charge >= 0.3 is 0 Å². The number of benzene rings is 2. The van der Waals surface area contributed by atoms with E-state index in [4.69, 9.17) is 4.42 Å². The number of rotatable bonds is 2. The van der Waals surface area contributed by atoms with Gasteiger partial charge in [-0.3, -0.25) is 0 Å². The van der Waals surface area contributed by atoms with Crippen LogP contribution < -0.4 is 0 Å². The Morgan fingerprint density at radius 3 is 2.60 bits per heavy atom. The lowest BCUT2D eigenvalue weighted by Gasteiger charge is -2.09. The lowest BCUT2D eigenvalue weighted by Crippen LogP contribution is -2.01. The molecule has 0 aliphatic heterocycles. The molecule has 0 aliphatic carbocycles. The molecule has 20 heavy (non-hydrogen) atoms. The quantitative estimate of drug-likeness (QED) is 0.743. The molecule has 102 valence electrons. The van der Waals surface area contributed by atoms with E-state index in [9.17, 15) is 13.9 Å². The van der Waals surface area contributed by atoms with Crippen molar-refractivity contribution in [2.75, 3.05) is 0 Å². The number of hydrogen-bond donors (Lipinski definition) is 1. The summed E-state index contributed by atoms with van der Waals surface area (Å²) in [6.07, 6.45) is -1.29. The predicted molar refractivity (Wildman–Crippen MR) is 74.3 cm³/mol. The molecule has 0 spiro atoms. The van der Waals surface area contributed by atoms with Crippen LogP contribution in [0.25, 0.3) is 11.0 Å². The molecule has 0 bridgehead atoms. The fourth-order valence-corrected chi connectivity index (χ4v) is 2.45. The molecular weight excluding hydrogens is 330 g/mol. The highest BCUT2D eigenvalue weighted by Crippen LogP contribution is 2.32. The van der Waals surface area contributed by atoms with Gasteiger partial charge in [-0.05, 0) is 34.1 Å². The smallest absolute Gasteiger partial charge is 0.170 e. The maximum absolute atomic E-state index is 13.9. The van der Waals surface area contributed by atoms with Gasteiger partial charge in [0.15, 0.2) is 11.4 Å². The van der Waals surface area contributed by atoms with Gasteiger partial charge in [-0.25, -0.2) is 8.78 Å². The highest BCUT2D eigenvalue weighted by atomic mass is 79.9. The molecule has 1 N–H and O–H groups in total. The molecular formula is C15H9BrF2O2. The Kier molecular flexibility index (Phi) is 3.31. The van der Waals surface area contributed by atoms with Crippen LogP contribution >= 0.6 is 15.9 Å². The average Bonchev–Trinajstić information content (AvgIpc) is 2.87. The second-order valence-electron chi connectivity index (χ2n) is 4.35. The third-order valence-electron chi connectivity index (χ3n) is 3.06. The maximum Gasteiger partial charge on any atom is 0.170 e. The SMILES string of the molecule is OC(c1cc2cccc(F)c2o1)c1cccc(Br)c1F. The number of hydrogen-bond acceptors (Lipinski definition) is 2. The highest BCUT2D eigenvalue weighted by molar-refractivity contribution is 9.10. The van der Waals surface area contributed by atoms with E-state index in [2.05, 4.69) is 15.9 Å². The maximum atomic E-state index is 13.9. The van der Waals surface area contributed by atoms with Crippen molar-refractivity contribution in [3.8, 4) is 0 Å². The van der Waals surface area contributed by atoms with Crippen LogP contribution in [0.3, 0.4) is 0 Å². The lowest BCUT2D eigenvalue weighted by atomic mass is 10.1. The molecule has 0 radical (unpaired) electrons. The fraction of sp³-hybridized carbons (Fsp3) is 0.0667. The molecule has 5 heteroatoms. The highest BCUT2D eigenvalue weighted by Gasteiger charge is 2.21. The summed E-state index contributed by atoms with van der Waals surface area (Å²) < 4.78 is 33.1. The number of furan rings is 1. The zero-order chi connectivity index (χ0) is 14.3. The summed E-state index contributed by atoms with van der Waals surface area (Å²) in [6, 6.07) is 10.6. The zero-order valence-electron chi connectivity index (χ0n) is 10.1. The molecule has 3 rings (SSSR count). The van der Waals surface area contributed by atoms with Crippen molar-refractivity contribution in [1.29, 1.82) is 0 Å². The van der Waals surface area contributed by atoms with Crippen molar-refractivity contribution in [3.05, 3.63) is 69.9 Å². The van der Waals surface area contributed by atoms with E-state index in [0.29, 0.717) is 5.39 Å². The Morgan fingerprint density at radius 2 is 1.85 bits per heavy atom. The van der Waals surface area contributed by atoms with Crippen LogP contribution in [0.15, 0.2) is 51.4 Å². The molecule has 1 unspecified atom stereocenters. The number of fused-ring (bicyclic) bond motifs is 1. The molecule has 0 fully saturated rings. The normalized spacial score (nSPS) is 12.8. The summed E-state index contributed by atoms with van der Waals surface area (Å²) in [5.41, 5.74) is 0.121. The molecule has 0 saturated heterocycles. The van der Waals surface area contributed by atoms with Gasteiger partial charge in [0.25, 0.3) is 0 Å². The topological polar surface area (TPSA) is 33.4 Å². The van der Waals surface area contributed by atoms with E-state index < -0.39 is 17.7 Å². The van der Waals surface area contributed by atoms with Crippen molar-refractivity contribution in [3.63, 3.8) is 0 Å². The van der Waals surface area contributed by atoms with Gasteiger partial charge in [-0.2, -0.15) is 0 Å². The van der Waals surface area contributed by atoms with Crippen LogP contribution in [0.4, 0.5) is 8.78 Å². The van der Waals surface area contributed by atoms with Crippen LogP contribution in [0, 0.1) is 11.6 Å². The largest absolute Gasteiger partial charge is 0.455 e.